The summed E-state index contributed by atoms with van der Waals surface area (Å²) in [6, 6.07) is -3.17. The first-order valence-electron chi connectivity index (χ1n) is 23.1. The van der Waals surface area contributed by atoms with E-state index in [4.69, 9.17) is 11.5 Å². The van der Waals surface area contributed by atoms with E-state index in [9.17, 15) is 48.4 Å². The van der Waals surface area contributed by atoms with Crippen LogP contribution in [-0.4, -0.2) is 136 Å². The molecule has 23 nitrogen and oxygen atoms in total. The van der Waals surface area contributed by atoms with Crippen molar-refractivity contribution in [3.8, 4) is 0 Å². The van der Waals surface area contributed by atoms with E-state index < -0.39 is 78.5 Å². The molecule has 4 rings (SSSR count). The first-order valence-corrected chi connectivity index (χ1v) is 24.1. The number of nitrogens with zero attached hydrogens (tertiary/aromatic N) is 1. The molecule has 368 valence electrons. The lowest BCUT2D eigenvalue weighted by Gasteiger charge is -2.30. The van der Waals surface area contributed by atoms with Gasteiger partial charge in [0.1, 0.15) is 18.1 Å². The number of aromatic amines is 1. The summed E-state index contributed by atoms with van der Waals surface area (Å²) in [5.74, 6) is -5.01. The zero-order valence-electron chi connectivity index (χ0n) is 37.5. The Balaban J connectivity index is 1.18. The van der Waals surface area contributed by atoms with Crippen molar-refractivity contribution in [3.63, 3.8) is 0 Å². The van der Waals surface area contributed by atoms with Crippen LogP contribution >= 0.6 is 11.8 Å². The lowest BCUT2D eigenvalue weighted by atomic mass is 9.78. The van der Waals surface area contributed by atoms with Crippen molar-refractivity contribution < 1.29 is 48.4 Å². The van der Waals surface area contributed by atoms with Gasteiger partial charge in [0.05, 0.1) is 31.5 Å². The molecule has 1 aromatic heterocycles. The zero-order chi connectivity index (χ0) is 47.8. The van der Waals surface area contributed by atoms with Gasteiger partial charge in [0.15, 0.2) is 0 Å². The number of carbonyl (C=O) groups excluding carboxylic acids is 9. The number of hydrogen-bond acceptors (Lipinski definition) is 13. The Hall–Kier alpha value is -5.49. The fraction of sp³-hybridized carbons (Fsp3) is 0.714. The van der Waals surface area contributed by atoms with Gasteiger partial charge >= 0.3 is 6.03 Å². The first-order chi connectivity index (χ1) is 31.8. The monoisotopic (exact) mass is 948 g/mol. The van der Waals surface area contributed by atoms with Gasteiger partial charge in [-0.25, -0.2) is 15.3 Å². The third-order valence-electron chi connectivity index (χ3n) is 12.1. The van der Waals surface area contributed by atoms with Crippen molar-refractivity contribution in [2.45, 2.75) is 145 Å². The number of carbonyl (C=O) groups is 9. The summed E-state index contributed by atoms with van der Waals surface area (Å²) in [5, 5.41) is 31.1. The van der Waals surface area contributed by atoms with Gasteiger partial charge in [-0.3, -0.25) is 43.6 Å². The van der Waals surface area contributed by atoms with Gasteiger partial charge < -0.3 is 59.0 Å². The van der Waals surface area contributed by atoms with Crippen molar-refractivity contribution in [2.75, 3.05) is 31.9 Å². The Kier molecular flexibility index (Phi) is 23.0. The van der Waals surface area contributed by atoms with Gasteiger partial charge in [0.2, 0.25) is 47.3 Å². The maximum absolute atomic E-state index is 13.8. The summed E-state index contributed by atoms with van der Waals surface area (Å²) in [5.41, 5.74) is 13.3. The van der Waals surface area contributed by atoms with Gasteiger partial charge in [-0.1, -0.05) is 25.7 Å². The molecule has 1 aromatic rings. The zero-order valence-corrected chi connectivity index (χ0v) is 38.3. The minimum atomic E-state index is -1.20. The normalized spacial score (nSPS) is 19.7. The second-order valence-electron chi connectivity index (χ2n) is 17.2. The molecule has 1 unspecified atom stereocenters. The van der Waals surface area contributed by atoms with E-state index in [2.05, 4.69) is 52.5 Å². The number of hydroxylamine groups is 1. The highest BCUT2D eigenvalue weighted by molar-refractivity contribution is 8.00. The second-order valence-corrected chi connectivity index (χ2v) is 18.4. The molecule has 2 aliphatic heterocycles. The van der Waals surface area contributed by atoms with Gasteiger partial charge in [0, 0.05) is 54.6 Å². The van der Waals surface area contributed by atoms with Crippen LogP contribution < -0.4 is 59.5 Å². The first kappa shape index (κ1) is 53.1. The molecule has 3 aliphatic rings. The summed E-state index contributed by atoms with van der Waals surface area (Å²) in [6.45, 7) is -0.362. The third-order valence-corrected chi connectivity index (χ3v) is 13.7. The van der Waals surface area contributed by atoms with E-state index in [0.29, 0.717) is 69.0 Å². The number of aromatic nitrogens is 2. The van der Waals surface area contributed by atoms with Crippen LogP contribution in [0.5, 0.6) is 0 Å². The van der Waals surface area contributed by atoms with Crippen LogP contribution in [-0.2, 0) is 44.8 Å². The molecule has 66 heavy (non-hydrogen) atoms. The molecule has 2 saturated heterocycles. The number of unbranched alkanes of at least 4 members (excludes halogenated alkanes) is 3. The molecule has 0 spiro atoms. The van der Waals surface area contributed by atoms with E-state index in [1.165, 1.54) is 12.5 Å². The van der Waals surface area contributed by atoms with E-state index in [1.807, 2.05) is 11.8 Å². The smallest absolute Gasteiger partial charge is 0.315 e. The SMILES string of the molecule is NCCCC[C@H](NC(=O)[C@H](Cc1cnc[nH]1)NC(=O)C(CC(=O)NO)C1CCCCC1)C(=O)NCC(=O)NCC(=O)N[C@@H](CCCCNC(=O)CCCC[C@@H]1SC[C@@H]2NC(=O)N[C@@H]21)C(N)=O. The molecule has 1 saturated carbocycles. The van der Waals surface area contributed by atoms with Crippen LogP contribution in [0.2, 0.25) is 0 Å². The van der Waals surface area contributed by atoms with E-state index >= 15 is 0 Å². The average Bonchev–Trinajstić information content (AvgIpc) is 4.05. The van der Waals surface area contributed by atoms with E-state index in [-0.39, 0.29) is 55.6 Å². The topological polar surface area (TPSA) is 363 Å². The predicted molar refractivity (Wildman–Crippen MR) is 242 cm³/mol. The lowest BCUT2D eigenvalue weighted by Crippen LogP contribution is -2.56. The number of thioether (sulfide) groups is 1. The quantitative estimate of drug-likeness (QED) is 0.0178. The number of nitrogens with two attached hydrogens (primary N) is 2. The lowest BCUT2D eigenvalue weighted by molar-refractivity contribution is -0.138. The number of rotatable bonds is 30. The van der Waals surface area contributed by atoms with Crippen LogP contribution in [0.15, 0.2) is 12.5 Å². The number of primary amides is 1. The summed E-state index contributed by atoms with van der Waals surface area (Å²) in [7, 11) is 0. The van der Waals surface area contributed by atoms with E-state index in [1.54, 1.807) is 5.48 Å². The Bertz CT molecular complexity index is 1780. The highest BCUT2D eigenvalue weighted by Gasteiger charge is 2.42. The van der Waals surface area contributed by atoms with Gasteiger partial charge in [-0.2, -0.15) is 11.8 Å². The third kappa shape index (κ3) is 18.4. The maximum Gasteiger partial charge on any atom is 0.315 e. The summed E-state index contributed by atoms with van der Waals surface area (Å²) in [6.07, 6.45) is 12.0. The van der Waals surface area contributed by atoms with Gasteiger partial charge in [-0.05, 0) is 76.7 Å². The molecule has 7 atom stereocenters. The standard InChI is InChI=1S/C42H69N13O10S/c43-16-8-6-13-29(51-41(63)30(18-26-20-45-24-49-26)52-39(61)27(19-34(57)55-65)25-10-2-1-3-11-25)40(62)48-21-35(58)47-22-36(59)50-28(38(44)60)12-7-9-17-46-33(56)15-5-4-14-32-37-31(23-66-32)53-42(64)54-37/h20,24-25,27-32,37,65H,1-19,21-23,43H2,(H2,44,60)(H,45,49)(H,46,56)(H,47,58)(H,48,62)(H,50,59)(H,51,63)(H,52,61)(H,55,57)(H2,53,54,64)/t27?,28-,29-,30-,31-,32-,37-/m0/s1. The number of urea groups is 1. The van der Waals surface area contributed by atoms with Crippen molar-refractivity contribution in [2.24, 2.45) is 23.3 Å². The Morgan fingerprint density at radius 2 is 1.50 bits per heavy atom. The molecule has 1 aliphatic carbocycles. The number of H-pyrrole nitrogens is 1. The van der Waals surface area contributed by atoms with E-state index in [0.717, 1.165) is 44.3 Å². The molecule has 10 amide bonds. The number of hydrogen-bond donors (Lipinski definition) is 13. The molecule has 15 N–H and O–H groups in total. The van der Waals surface area contributed by atoms with Crippen LogP contribution in [0, 0.1) is 11.8 Å². The minimum Gasteiger partial charge on any atom is -0.368 e. The van der Waals surface area contributed by atoms with Gasteiger partial charge in [-0.15, -0.1) is 0 Å². The number of amides is 10. The van der Waals surface area contributed by atoms with Crippen LogP contribution in [0.3, 0.4) is 0 Å². The van der Waals surface area contributed by atoms with Crippen molar-refractivity contribution >= 4 is 65.1 Å². The summed E-state index contributed by atoms with van der Waals surface area (Å²) in [4.78, 5) is 121. The Labute approximate surface area is 388 Å². The molecule has 3 fully saturated rings. The van der Waals surface area contributed by atoms with Crippen molar-refractivity contribution in [1.29, 1.82) is 0 Å². The van der Waals surface area contributed by atoms with Crippen LogP contribution in [0.1, 0.15) is 108 Å². The summed E-state index contributed by atoms with van der Waals surface area (Å²) < 4.78 is 0. The molecule has 0 radical (unpaired) electrons. The second kappa shape index (κ2) is 28.5. The molecule has 0 aromatic carbocycles. The summed E-state index contributed by atoms with van der Waals surface area (Å²) >= 11 is 1.84. The molecule has 3 heterocycles. The average molecular weight is 948 g/mol. The van der Waals surface area contributed by atoms with Crippen LogP contribution in [0.25, 0.3) is 0 Å². The molecular weight excluding hydrogens is 879 g/mol. The van der Waals surface area contributed by atoms with Crippen molar-refractivity contribution in [3.05, 3.63) is 18.2 Å². The largest absolute Gasteiger partial charge is 0.368 e. The molecular formula is C42H69N13O10S. The van der Waals surface area contributed by atoms with Gasteiger partial charge in [0.25, 0.3) is 0 Å². The van der Waals surface area contributed by atoms with Crippen molar-refractivity contribution in [1.82, 2.24) is 58.0 Å². The Morgan fingerprint density at radius 1 is 0.773 bits per heavy atom. The fourth-order valence-corrected chi connectivity index (χ4v) is 10.1. The molecule has 0 bridgehead atoms. The highest BCUT2D eigenvalue weighted by Crippen LogP contribution is 2.34. The fourth-order valence-electron chi connectivity index (χ4n) is 8.52. The predicted octanol–water partition coefficient (Wildman–Crippen LogP) is -1.64. The minimum absolute atomic E-state index is 0.0254. The number of nitrogens with one attached hydrogen (secondary N) is 10. The number of imidazole rings is 1. The van der Waals surface area contributed by atoms with Crippen LogP contribution in [0.4, 0.5) is 4.79 Å². The Morgan fingerprint density at radius 3 is 2.21 bits per heavy atom. The molecule has 24 heteroatoms. The highest BCUT2D eigenvalue weighted by atomic mass is 32.2. The number of fused-ring (bicyclic) bond motifs is 1. The maximum atomic E-state index is 13.8.